The lowest BCUT2D eigenvalue weighted by molar-refractivity contribution is -0.121. The lowest BCUT2D eigenvalue weighted by Gasteiger charge is -2.35. The number of pyridine rings is 1. The summed E-state index contributed by atoms with van der Waals surface area (Å²) in [6.07, 6.45) is 2.01. The number of piperazine rings is 1. The number of urea groups is 1. The van der Waals surface area contributed by atoms with Crippen LogP contribution in [0.5, 0.6) is 0 Å². The Morgan fingerprint density at radius 1 is 1.12 bits per heavy atom. The van der Waals surface area contributed by atoms with E-state index in [1.165, 1.54) is 11.1 Å². The molecule has 0 unspecified atom stereocenters. The maximum atomic E-state index is 13.6. The number of likely N-dealkylation sites (tertiary alicyclic amines) is 1. The van der Waals surface area contributed by atoms with E-state index < -0.39 is 12.1 Å². The summed E-state index contributed by atoms with van der Waals surface area (Å²) in [6.45, 7) is 2.34. The summed E-state index contributed by atoms with van der Waals surface area (Å²) < 4.78 is 0. The number of nitriles is 1. The summed E-state index contributed by atoms with van der Waals surface area (Å²) in [5.74, 6) is -0.471. The molecule has 1 aromatic heterocycles. The molecule has 4 amide bonds. The predicted octanol–water partition coefficient (Wildman–Crippen LogP) is 2.85. The molecule has 3 aliphatic heterocycles. The summed E-state index contributed by atoms with van der Waals surface area (Å²) in [5.41, 5.74) is 2.18. The van der Waals surface area contributed by atoms with Gasteiger partial charge in [0.15, 0.2) is 0 Å². The van der Waals surface area contributed by atoms with Crippen LogP contribution >= 0.6 is 0 Å². The first kappa shape index (κ1) is 19.4. The summed E-state index contributed by atoms with van der Waals surface area (Å²) in [7, 11) is 0. The standard InChI is InChI=1S/C25H19N5O3/c1-14-5-4-6-15(9-14)23(31)28-13-16-10-20(28)22-24(32)30(25(33)29(16)22)21-12-27-19(11-26)17-7-2-3-8-18(17)21/h2-9,12,16,20,22H,10,13H2,1H3/t16-,20-,22-/m0/s1. The van der Waals surface area contributed by atoms with E-state index in [1.807, 2.05) is 25.1 Å². The average molecular weight is 437 g/mol. The second-order valence-electron chi connectivity index (χ2n) is 8.74. The highest BCUT2D eigenvalue weighted by molar-refractivity contribution is 6.25. The molecule has 4 heterocycles. The molecule has 2 aromatic carbocycles. The lowest BCUT2D eigenvalue weighted by atomic mass is 10.1. The van der Waals surface area contributed by atoms with E-state index in [4.69, 9.17) is 0 Å². The second kappa shape index (κ2) is 6.87. The Balaban J connectivity index is 1.37. The molecule has 0 N–H and O–H groups in total. The van der Waals surface area contributed by atoms with Crippen molar-refractivity contribution in [2.45, 2.75) is 31.5 Å². The smallest absolute Gasteiger partial charge is 0.331 e. The van der Waals surface area contributed by atoms with Crippen molar-refractivity contribution >= 4 is 34.3 Å². The van der Waals surface area contributed by atoms with E-state index in [0.29, 0.717) is 35.0 Å². The van der Waals surface area contributed by atoms with Crippen LogP contribution in [0.15, 0.2) is 54.7 Å². The van der Waals surface area contributed by atoms with Crippen LogP contribution in [-0.2, 0) is 4.79 Å². The van der Waals surface area contributed by atoms with Crippen LogP contribution in [0.2, 0.25) is 0 Å². The molecular formula is C25H19N5O3. The van der Waals surface area contributed by atoms with Crippen molar-refractivity contribution in [3.63, 3.8) is 0 Å². The molecular weight excluding hydrogens is 418 g/mol. The third-order valence-electron chi connectivity index (χ3n) is 6.91. The maximum Gasteiger partial charge on any atom is 0.332 e. The largest absolute Gasteiger partial charge is 0.332 e. The summed E-state index contributed by atoms with van der Waals surface area (Å²) in [5, 5.41) is 10.6. The molecule has 33 heavy (non-hydrogen) atoms. The fourth-order valence-corrected chi connectivity index (χ4v) is 5.50. The molecule has 0 saturated carbocycles. The third kappa shape index (κ3) is 2.62. The van der Waals surface area contributed by atoms with Crippen LogP contribution in [0.25, 0.3) is 10.8 Å². The van der Waals surface area contributed by atoms with Gasteiger partial charge in [0.05, 0.1) is 24.0 Å². The number of imide groups is 1. The van der Waals surface area contributed by atoms with Gasteiger partial charge < -0.3 is 9.80 Å². The molecule has 3 aliphatic rings. The van der Waals surface area contributed by atoms with E-state index >= 15 is 0 Å². The van der Waals surface area contributed by atoms with E-state index in [2.05, 4.69) is 11.1 Å². The topological polar surface area (TPSA) is 97.6 Å². The molecule has 162 valence electrons. The van der Waals surface area contributed by atoms with E-state index in [9.17, 15) is 19.6 Å². The Hall–Kier alpha value is -4.25. The number of fused-ring (bicyclic) bond motifs is 6. The zero-order valence-corrected chi connectivity index (χ0v) is 17.8. The van der Waals surface area contributed by atoms with Crippen LogP contribution in [0.4, 0.5) is 10.5 Å². The van der Waals surface area contributed by atoms with Crippen molar-refractivity contribution in [2.24, 2.45) is 0 Å². The summed E-state index contributed by atoms with van der Waals surface area (Å²) in [4.78, 5) is 48.9. The zero-order valence-electron chi connectivity index (χ0n) is 17.8. The van der Waals surface area contributed by atoms with Gasteiger partial charge in [-0.25, -0.2) is 14.7 Å². The van der Waals surface area contributed by atoms with Gasteiger partial charge in [-0.1, -0.05) is 42.0 Å². The summed E-state index contributed by atoms with van der Waals surface area (Å²) in [6, 6.07) is 14.9. The van der Waals surface area contributed by atoms with Gasteiger partial charge in [-0.3, -0.25) is 9.59 Å². The minimum Gasteiger partial charge on any atom is -0.331 e. The number of amides is 4. The highest BCUT2D eigenvalue weighted by atomic mass is 16.2. The van der Waals surface area contributed by atoms with Gasteiger partial charge in [0.25, 0.3) is 11.8 Å². The van der Waals surface area contributed by atoms with Crippen molar-refractivity contribution in [1.29, 1.82) is 5.26 Å². The Kier molecular flexibility index (Phi) is 4.05. The van der Waals surface area contributed by atoms with Crippen molar-refractivity contribution < 1.29 is 14.4 Å². The molecule has 0 aliphatic carbocycles. The minimum absolute atomic E-state index is 0.116. The molecule has 3 aromatic rings. The minimum atomic E-state index is -0.709. The van der Waals surface area contributed by atoms with Crippen molar-refractivity contribution in [2.75, 3.05) is 11.4 Å². The first-order chi connectivity index (χ1) is 16.0. The van der Waals surface area contributed by atoms with Gasteiger partial charge in [-0.15, -0.1) is 0 Å². The fourth-order valence-electron chi connectivity index (χ4n) is 5.50. The molecule has 0 spiro atoms. The number of aryl methyl sites for hydroxylation is 1. The molecule has 3 atom stereocenters. The van der Waals surface area contributed by atoms with Crippen LogP contribution in [0.3, 0.4) is 0 Å². The fraction of sp³-hybridized carbons (Fsp3) is 0.240. The van der Waals surface area contributed by atoms with Gasteiger partial charge in [0.1, 0.15) is 17.8 Å². The summed E-state index contributed by atoms with van der Waals surface area (Å²) >= 11 is 0. The molecule has 3 saturated heterocycles. The third-order valence-corrected chi connectivity index (χ3v) is 6.91. The Morgan fingerprint density at radius 3 is 2.67 bits per heavy atom. The second-order valence-corrected chi connectivity index (χ2v) is 8.74. The number of benzene rings is 2. The number of carbonyl (C=O) groups excluding carboxylic acids is 3. The molecule has 6 rings (SSSR count). The normalized spacial score (nSPS) is 23.4. The maximum absolute atomic E-state index is 13.6. The molecule has 3 fully saturated rings. The number of hydrogen-bond acceptors (Lipinski definition) is 5. The van der Waals surface area contributed by atoms with Gasteiger partial charge in [-0.05, 0) is 25.5 Å². The van der Waals surface area contributed by atoms with Gasteiger partial charge in [-0.2, -0.15) is 5.26 Å². The molecule has 8 heteroatoms. The Morgan fingerprint density at radius 2 is 1.91 bits per heavy atom. The first-order valence-corrected chi connectivity index (χ1v) is 10.8. The lowest BCUT2D eigenvalue weighted by Crippen LogP contribution is -2.54. The Labute approximate surface area is 189 Å². The van der Waals surface area contributed by atoms with Crippen molar-refractivity contribution in [1.82, 2.24) is 14.8 Å². The number of aromatic nitrogens is 1. The number of carbonyl (C=O) groups is 3. The highest BCUT2D eigenvalue weighted by Gasteiger charge is 2.63. The Bertz CT molecular complexity index is 1410. The predicted molar refractivity (Wildman–Crippen MR) is 119 cm³/mol. The van der Waals surface area contributed by atoms with E-state index in [-0.39, 0.29) is 29.6 Å². The number of hydrogen-bond donors (Lipinski definition) is 0. The molecule has 2 bridgehead atoms. The first-order valence-electron chi connectivity index (χ1n) is 10.8. The quantitative estimate of drug-likeness (QED) is 0.574. The van der Waals surface area contributed by atoms with E-state index in [0.717, 1.165) is 5.56 Å². The van der Waals surface area contributed by atoms with Crippen molar-refractivity contribution in [3.8, 4) is 6.07 Å². The van der Waals surface area contributed by atoms with Crippen LogP contribution in [0.1, 0.15) is 28.0 Å². The zero-order chi connectivity index (χ0) is 22.9. The van der Waals surface area contributed by atoms with E-state index in [1.54, 1.807) is 40.1 Å². The van der Waals surface area contributed by atoms with Crippen LogP contribution in [0, 0.1) is 18.3 Å². The van der Waals surface area contributed by atoms with Gasteiger partial charge in [0, 0.05) is 22.9 Å². The molecule has 8 nitrogen and oxygen atoms in total. The number of nitrogens with zero attached hydrogens (tertiary/aromatic N) is 5. The van der Waals surface area contributed by atoms with Crippen LogP contribution < -0.4 is 4.90 Å². The van der Waals surface area contributed by atoms with Crippen molar-refractivity contribution in [3.05, 3.63) is 71.5 Å². The number of rotatable bonds is 2. The highest BCUT2D eigenvalue weighted by Crippen LogP contribution is 2.43. The SMILES string of the molecule is Cc1cccc(C(=O)N2C[C@@H]3C[C@H]2[C@H]2C(=O)N(c4cnc(C#N)c5ccccc45)C(=O)N32)c1. The van der Waals surface area contributed by atoms with Gasteiger partial charge >= 0.3 is 6.03 Å². The molecule has 0 radical (unpaired) electrons. The van der Waals surface area contributed by atoms with Crippen LogP contribution in [-0.4, -0.2) is 57.3 Å². The number of anilines is 1. The monoisotopic (exact) mass is 437 g/mol. The van der Waals surface area contributed by atoms with Gasteiger partial charge in [0.2, 0.25) is 0 Å². The average Bonchev–Trinajstić information content (AvgIpc) is 3.49.